The van der Waals surface area contributed by atoms with Crippen LogP contribution in [0.5, 0.6) is 0 Å². The van der Waals surface area contributed by atoms with Gasteiger partial charge in [0, 0.05) is 42.5 Å². The number of thiophene rings is 1. The normalized spacial score (nSPS) is 16.7. The van der Waals surface area contributed by atoms with Crippen molar-refractivity contribution >= 4 is 27.4 Å². The summed E-state index contributed by atoms with van der Waals surface area (Å²) in [6.45, 7) is 5.72. The van der Waals surface area contributed by atoms with Crippen LogP contribution in [0.4, 0.5) is 0 Å². The number of ether oxygens (including phenoxy) is 1. The van der Waals surface area contributed by atoms with Gasteiger partial charge in [-0.05, 0) is 24.1 Å². The molecule has 0 bridgehead atoms. The van der Waals surface area contributed by atoms with Crippen LogP contribution in [0, 0.1) is 0 Å². The summed E-state index contributed by atoms with van der Waals surface area (Å²) < 4.78 is 6.33. The van der Waals surface area contributed by atoms with Gasteiger partial charge in [-0.1, -0.05) is 24.3 Å². The summed E-state index contributed by atoms with van der Waals surface area (Å²) >= 11 is 1.26. The summed E-state index contributed by atoms with van der Waals surface area (Å²) in [6.07, 6.45) is 3.53. The minimum atomic E-state index is -0.896. The first-order valence-corrected chi connectivity index (χ1v) is 9.48. The Morgan fingerprint density at radius 2 is 1.96 bits per heavy atom. The van der Waals surface area contributed by atoms with Gasteiger partial charge in [0.25, 0.3) is 0 Å². The van der Waals surface area contributed by atoms with Gasteiger partial charge in [-0.3, -0.25) is 9.88 Å². The minimum Gasteiger partial charge on any atom is -0.477 e. The highest BCUT2D eigenvalue weighted by Crippen LogP contribution is 2.34. The monoisotopic (exact) mass is 368 g/mol. The summed E-state index contributed by atoms with van der Waals surface area (Å²) in [5.41, 5.74) is 3.29. The standard InChI is InChI=1S/C20H20N2O3S/c1-13(22-6-8-25-9-7-22)14-2-4-15(5-3-14)17-11-21-12-19-16(17)10-18(26-19)20(23)24/h2-5,10-13H,6-9H2,1H3,(H,23,24). The first-order chi connectivity index (χ1) is 12.6. The summed E-state index contributed by atoms with van der Waals surface area (Å²) in [5, 5.41) is 10.2. The average molecular weight is 368 g/mol. The maximum atomic E-state index is 11.3. The molecule has 2 aromatic heterocycles. The Balaban J connectivity index is 1.64. The highest BCUT2D eigenvalue weighted by molar-refractivity contribution is 7.20. The van der Waals surface area contributed by atoms with Crippen LogP contribution in [0.2, 0.25) is 0 Å². The molecule has 1 aliphatic rings. The van der Waals surface area contributed by atoms with E-state index < -0.39 is 5.97 Å². The maximum Gasteiger partial charge on any atom is 0.345 e. The van der Waals surface area contributed by atoms with E-state index in [0.717, 1.165) is 47.5 Å². The first kappa shape index (κ1) is 17.1. The molecule has 1 unspecified atom stereocenters. The molecule has 1 fully saturated rings. The van der Waals surface area contributed by atoms with Crippen molar-refractivity contribution in [2.24, 2.45) is 0 Å². The fraction of sp³-hybridized carbons (Fsp3) is 0.300. The van der Waals surface area contributed by atoms with Gasteiger partial charge < -0.3 is 9.84 Å². The highest BCUT2D eigenvalue weighted by atomic mass is 32.1. The fourth-order valence-corrected chi connectivity index (χ4v) is 4.31. The number of pyridine rings is 1. The van der Waals surface area contributed by atoms with Crippen molar-refractivity contribution in [3.63, 3.8) is 0 Å². The first-order valence-electron chi connectivity index (χ1n) is 8.66. The Hall–Kier alpha value is -2.28. The van der Waals surface area contributed by atoms with Crippen LogP contribution in [0.15, 0.2) is 42.7 Å². The number of aromatic carboxylic acids is 1. The summed E-state index contributed by atoms with van der Waals surface area (Å²) in [6, 6.07) is 10.6. The van der Waals surface area contributed by atoms with E-state index in [1.165, 1.54) is 16.9 Å². The third-order valence-corrected chi connectivity index (χ3v) is 6.01. The van der Waals surface area contributed by atoms with E-state index in [1.807, 2.05) is 0 Å². The molecule has 1 aromatic carbocycles. The predicted molar refractivity (Wildman–Crippen MR) is 103 cm³/mol. The number of rotatable bonds is 4. The van der Waals surface area contributed by atoms with E-state index in [0.29, 0.717) is 10.9 Å². The van der Waals surface area contributed by atoms with Gasteiger partial charge in [-0.15, -0.1) is 11.3 Å². The lowest BCUT2D eigenvalue weighted by atomic mass is 9.99. The molecule has 1 atom stereocenters. The largest absolute Gasteiger partial charge is 0.477 e. The van der Waals surface area contributed by atoms with Crippen molar-refractivity contribution in [1.82, 2.24) is 9.88 Å². The molecule has 0 spiro atoms. The van der Waals surface area contributed by atoms with Gasteiger partial charge in [0.2, 0.25) is 0 Å². The molecule has 1 saturated heterocycles. The van der Waals surface area contributed by atoms with Crippen molar-refractivity contribution in [2.45, 2.75) is 13.0 Å². The van der Waals surface area contributed by atoms with Crippen molar-refractivity contribution in [3.05, 3.63) is 53.2 Å². The van der Waals surface area contributed by atoms with E-state index in [-0.39, 0.29) is 0 Å². The van der Waals surface area contributed by atoms with Crippen molar-refractivity contribution < 1.29 is 14.6 Å². The van der Waals surface area contributed by atoms with Gasteiger partial charge in [0.15, 0.2) is 0 Å². The molecule has 1 N–H and O–H groups in total. The molecule has 3 heterocycles. The molecule has 26 heavy (non-hydrogen) atoms. The smallest absolute Gasteiger partial charge is 0.345 e. The molecule has 6 heteroatoms. The molecular weight excluding hydrogens is 348 g/mol. The molecule has 3 aromatic rings. The van der Waals surface area contributed by atoms with Crippen molar-refractivity contribution in [3.8, 4) is 11.1 Å². The molecule has 0 radical (unpaired) electrons. The second-order valence-corrected chi connectivity index (χ2v) is 7.54. The van der Waals surface area contributed by atoms with Crippen LogP contribution in [0.25, 0.3) is 21.2 Å². The van der Waals surface area contributed by atoms with Crippen LogP contribution in [-0.4, -0.2) is 47.3 Å². The maximum absolute atomic E-state index is 11.3. The Labute approximate surface area is 155 Å². The van der Waals surface area contributed by atoms with Crippen LogP contribution in [-0.2, 0) is 4.74 Å². The number of fused-ring (bicyclic) bond motifs is 1. The Morgan fingerprint density at radius 3 is 2.65 bits per heavy atom. The number of hydrogen-bond acceptors (Lipinski definition) is 5. The van der Waals surface area contributed by atoms with Crippen LogP contribution in [0.3, 0.4) is 0 Å². The minimum absolute atomic E-state index is 0.340. The zero-order chi connectivity index (χ0) is 18.1. The number of benzene rings is 1. The number of nitrogens with zero attached hydrogens (tertiary/aromatic N) is 2. The topological polar surface area (TPSA) is 62.7 Å². The molecule has 0 aliphatic carbocycles. The number of carbonyl (C=O) groups is 1. The molecule has 0 saturated carbocycles. The lowest BCUT2D eigenvalue weighted by molar-refractivity contribution is 0.0198. The average Bonchev–Trinajstić information content (AvgIpc) is 3.13. The number of morpholine rings is 1. The fourth-order valence-electron chi connectivity index (χ4n) is 3.41. The Morgan fingerprint density at radius 1 is 1.23 bits per heavy atom. The lowest BCUT2D eigenvalue weighted by Gasteiger charge is -2.32. The van der Waals surface area contributed by atoms with E-state index in [2.05, 4.69) is 41.1 Å². The van der Waals surface area contributed by atoms with E-state index in [4.69, 9.17) is 4.74 Å². The van der Waals surface area contributed by atoms with Gasteiger partial charge in [0.05, 0.1) is 17.9 Å². The quantitative estimate of drug-likeness (QED) is 0.753. The highest BCUT2D eigenvalue weighted by Gasteiger charge is 2.19. The molecule has 1 aliphatic heterocycles. The SMILES string of the molecule is CC(c1ccc(-c2cncc3sc(C(=O)O)cc23)cc1)N1CCOCC1. The third-order valence-electron chi connectivity index (χ3n) is 4.95. The van der Waals surface area contributed by atoms with Gasteiger partial charge in [0.1, 0.15) is 4.88 Å². The third kappa shape index (κ3) is 3.23. The number of carboxylic acid groups (broad SMARTS) is 1. The van der Waals surface area contributed by atoms with Gasteiger partial charge >= 0.3 is 5.97 Å². The van der Waals surface area contributed by atoms with E-state index in [1.54, 1.807) is 18.5 Å². The van der Waals surface area contributed by atoms with Gasteiger partial charge in [-0.2, -0.15) is 0 Å². The Bertz CT molecular complexity index is 930. The zero-order valence-electron chi connectivity index (χ0n) is 14.5. The Kier molecular flexibility index (Phi) is 4.72. The number of aromatic nitrogens is 1. The zero-order valence-corrected chi connectivity index (χ0v) is 15.3. The van der Waals surface area contributed by atoms with Crippen LogP contribution >= 0.6 is 11.3 Å². The number of hydrogen-bond donors (Lipinski definition) is 1. The molecule has 0 amide bonds. The van der Waals surface area contributed by atoms with Crippen LogP contribution < -0.4 is 0 Å². The predicted octanol–water partition coefficient (Wildman–Crippen LogP) is 4.05. The molecule has 134 valence electrons. The van der Waals surface area contributed by atoms with Gasteiger partial charge in [-0.25, -0.2) is 4.79 Å². The number of carboxylic acids is 1. The molecule has 4 rings (SSSR count). The summed E-state index contributed by atoms with van der Waals surface area (Å²) in [4.78, 5) is 18.3. The van der Waals surface area contributed by atoms with Crippen molar-refractivity contribution in [1.29, 1.82) is 0 Å². The molecular formula is C20H20N2O3S. The lowest BCUT2D eigenvalue weighted by Crippen LogP contribution is -2.37. The van der Waals surface area contributed by atoms with Crippen molar-refractivity contribution in [2.75, 3.05) is 26.3 Å². The van der Waals surface area contributed by atoms with E-state index >= 15 is 0 Å². The molecule has 5 nitrogen and oxygen atoms in total. The second kappa shape index (κ2) is 7.15. The van der Waals surface area contributed by atoms with E-state index in [9.17, 15) is 9.90 Å². The van der Waals surface area contributed by atoms with Crippen LogP contribution in [0.1, 0.15) is 28.2 Å². The summed E-state index contributed by atoms with van der Waals surface area (Å²) in [5.74, 6) is -0.896. The second-order valence-electron chi connectivity index (χ2n) is 6.46. The summed E-state index contributed by atoms with van der Waals surface area (Å²) in [7, 11) is 0.